The number of alkyl halides is 6. The van der Waals surface area contributed by atoms with Crippen molar-refractivity contribution in [2.75, 3.05) is 0 Å². The lowest BCUT2D eigenvalue weighted by molar-refractivity contribution is -0.399. The van der Waals surface area contributed by atoms with Gasteiger partial charge in [0.1, 0.15) is 0 Å². The number of halogens is 6. The van der Waals surface area contributed by atoms with E-state index in [0.717, 1.165) is 6.20 Å². The largest absolute Gasteiger partial charge is 0.525 e. The quantitative estimate of drug-likeness (QED) is 0.769. The van der Waals surface area contributed by atoms with Crippen molar-refractivity contribution in [1.29, 1.82) is 0 Å². The summed E-state index contributed by atoms with van der Waals surface area (Å²) < 4.78 is 79.3. The predicted octanol–water partition coefficient (Wildman–Crippen LogP) is 4.33. The van der Waals surface area contributed by atoms with Crippen molar-refractivity contribution in [2.45, 2.75) is 25.7 Å². The first-order valence-corrected chi connectivity index (χ1v) is 5.46. The van der Waals surface area contributed by atoms with Crippen LogP contribution in [0.25, 0.3) is 10.9 Å². The van der Waals surface area contributed by atoms with Gasteiger partial charge in [0, 0.05) is 11.6 Å². The molecule has 0 saturated carbocycles. The average molecular weight is 297 g/mol. The summed E-state index contributed by atoms with van der Waals surface area (Å²) in [5.74, 6) is 0. The Morgan fingerprint density at radius 2 is 1.70 bits per heavy atom. The van der Waals surface area contributed by atoms with E-state index >= 15 is 0 Å². The molecule has 1 unspecified atom stereocenters. The molecule has 0 bridgehead atoms. The maximum atomic E-state index is 13.8. The van der Waals surface area contributed by atoms with Crippen LogP contribution in [-0.2, 0) is 10.8 Å². The van der Waals surface area contributed by atoms with Crippen LogP contribution in [0.3, 0.4) is 0 Å². The van der Waals surface area contributed by atoms with E-state index in [1.165, 1.54) is 25.1 Å². The maximum Gasteiger partial charge on any atom is 0.525 e. The SMILES string of the molecule is Cc1cn(C(F)(F)C(F)OC(F)(F)F)c2ccccc12. The lowest BCUT2D eigenvalue weighted by Crippen LogP contribution is -2.38. The van der Waals surface area contributed by atoms with E-state index in [2.05, 4.69) is 4.74 Å². The van der Waals surface area contributed by atoms with Crippen LogP contribution in [0, 0.1) is 6.92 Å². The van der Waals surface area contributed by atoms with Gasteiger partial charge in [-0.05, 0) is 18.6 Å². The summed E-state index contributed by atoms with van der Waals surface area (Å²) in [5, 5.41) is 0.395. The zero-order valence-electron chi connectivity index (χ0n) is 10.1. The summed E-state index contributed by atoms with van der Waals surface area (Å²) in [5.41, 5.74) is 0.308. The fourth-order valence-electron chi connectivity index (χ4n) is 1.89. The molecule has 0 amide bonds. The summed E-state index contributed by atoms with van der Waals surface area (Å²) >= 11 is 0. The van der Waals surface area contributed by atoms with Crippen LogP contribution in [0.5, 0.6) is 0 Å². The molecule has 0 aliphatic rings. The normalized spacial score (nSPS) is 14.8. The Morgan fingerprint density at radius 3 is 2.30 bits per heavy atom. The summed E-state index contributed by atoms with van der Waals surface area (Å²) in [6.07, 6.45) is -8.43. The molecule has 2 rings (SSSR count). The first-order chi connectivity index (χ1) is 9.13. The van der Waals surface area contributed by atoms with E-state index in [1.807, 2.05) is 0 Å². The molecule has 20 heavy (non-hydrogen) atoms. The second kappa shape index (κ2) is 4.69. The van der Waals surface area contributed by atoms with Gasteiger partial charge in [-0.3, -0.25) is 4.57 Å². The molecular formula is C12H9F6NO. The molecule has 0 fully saturated rings. The average Bonchev–Trinajstić information content (AvgIpc) is 2.66. The van der Waals surface area contributed by atoms with Crippen molar-refractivity contribution < 1.29 is 31.1 Å². The van der Waals surface area contributed by atoms with Crippen LogP contribution in [0.1, 0.15) is 5.56 Å². The molecule has 0 spiro atoms. The molecular weight excluding hydrogens is 288 g/mol. The van der Waals surface area contributed by atoms with Crippen molar-refractivity contribution in [3.63, 3.8) is 0 Å². The van der Waals surface area contributed by atoms with Gasteiger partial charge in [-0.2, -0.15) is 8.78 Å². The molecule has 2 nitrogen and oxygen atoms in total. The first kappa shape index (κ1) is 14.7. The molecule has 0 aliphatic carbocycles. The van der Waals surface area contributed by atoms with Gasteiger partial charge in [0.25, 0.3) is 6.36 Å². The zero-order valence-corrected chi connectivity index (χ0v) is 10.1. The molecule has 8 heteroatoms. The third-order valence-corrected chi connectivity index (χ3v) is 2.74. The third kappa shape index (κ3) is 2.60. The van der Waals surface area contributed by atoms with Gasteiger partial charge < -0.3 is 0 Å². The van der Waals surface area contributed by atoms with Gasteiger partial charge >= 0.3 is 12.4 Å². The summed E-state index contributed by atoms with van der Waals surface area (Å²) in [7, 11) is 0. The standard InChI is InChI=1S/C12H9F6NO/c1-7-6-19(9-5-3-2-4-8(7)9)11(14,15)10(13)20-12(16,17)18/h2-6,10H,1H3. The van der Waals surface area contributed by atoms with E-state index < -0.39 is 18.8 Å². The molecule has 2 aromatic rings. The van der Waals surface area contributed by atoms with E-state index in [1.54, 1.807) is 6.07 Å². The zero-order chi connectivity index (χ0) is 15.1. The van der Waals surface area contributed by atoms with E-state index in [4.69, 9.17) is 0 Å². The van der Waals surface area contributed by atoms with Crippen molar-refractivity contribution in [1.82, 2.24) is 4.57 Å². The number of hydrogen-bond acceptors (Lipinski definition) is 1. The molecule has 1 aromatic heterocycles. The maximum absolute atomic E-state index is 13.8. The minimum absolute atomic E-state index is 0.0802. The Labute approximate surface area is 109 Å². The fraction of sp³-hybridized carbons (Fsp3) is 0.333. The molecule has 110 valence electrons. The smallest absolute Gasteiger partial charge is 0.284 e. The predicted molar refractivity (Wildman–Crippen MR) is 58.9 cm³/mol. The summed E-state index contributed by atoms with van der Waals surface area (Å²) in [6.45, 7) is 1.49. The molecule has 1 heterocycles. The van der Waals surface area contributed by atoms with E-state index in [9.17, 15) is 26.3 Å². The highest BCUT2D eigenvalue weighted by atomic mass is 19.4. The van der Waals surface area contributed by atoms with Gasteiger partial charge in [-0.1, -0.05) is 18.2 Å². The lowest BCUT2D eigenvalue weighted by atomic mass is 10.2. The number of nitrogens with zero attached hydrogens (tertiary/aromatic N) is 1. The van der Waals surface area contributed by atoms with Gasteiger partial charge in [0.05, 0.1) is 5.52 Å². The van der Waals surface area contributed by atoms with Crippen LogP contribution < -0.4 is 0 Å². The second-order valence-corrected chi connectivity index (χ2v) is 4.17. The number of para-hydroxylation sites is 1. The minimum atomic E-state index is -5.49. The van der Waals surface area contributed by atoms with Gasteiger partial charge in [0.15, 0.2) is 0 Å². The van der Waals surface area contributed by atoms with Crippen LogP contribution in [-0.4, -0.2) is 17.3 Å². The highest BCUT2D eigenvalue weighted by Crippen LogP contribution is 2.36. The number of aryl methyl sites for hydroxylation is 1. The molecule has 0 saturated heterocycles. The van der Waals surface area contributed by atoms with Crippen molar-refractivity contribution in [2.24, 2.45) is 0 Å². The van der Waals surface area contributed by atoms with E-state index in [0.29, 0.717) is 10.9 Å². The number of fused-ring (bicyclic) bond motifs is 1. The molecule has 0 radical (unpaired) electrons. The Balaban J connectivity index is 2.46. The van der Waals surface area contributed by atoms with Crippen molar-refractivity contribution in [3.8, 4) is 0 Å². The summed E-state index contributed by atoms with van der Waals surface area (Å²) in [4.78, 5) is 0. The van der Waals surface area contributed by atoms with Crippen LogP contribution in [0.2, 0.25) is 0 Å². The number of rotatable bonds is 3. The Hall–Kier alpha value is -1.70. The second-order valence-electron chi connectivity index (χ2n) is 4.17. The lowest BCUT2D eigenvalue weighted by Gasteiger charge is -2.23. The third-order valence-electron chi connectivity index (χ3n) is 2.74. The van der Waals surface area contributed by atoms with Crippen LogP contribution >= 0.6 is 0 Å². The minimum Gasteiger partial charge on any atom is -0.284 e. The number of ether oxygens (including phenoxy) is 1. The van der Waals surface area contributed by atoms with Crippen molar-refractivity contribution in [3.05, 3.63) is 36.0 Å². The van der Waals surface area contributed by atoms with Crippen LogP contribution in [0.4, 0.5) is 26.3 Å². The number of benzene rings is 1. The van der Waals surface area contributed by atoms with Crippen molar-refractivity contribution >= 4 is 10.9 Å². The highest BCUT2D eigenvalue weighted by Gasteiger charge is 2.50. The van der Waals surface area contributed by atoms with Gasteiger partial charge in [-0.25, -0.2) is 9.13 Å². The fourth-order valence-corrected chi connectivity index (χ4v) is 1.89. The Kier molecular flexibility index (Phi) is 3.45. The summed E-state index contributed by atoms with van der Waals surface area (Å²) in [6, 6.07) is 1.29. The van der Waals surface area contributed by atoms with E-state index in [-0.39, 0.29) is 10.1 Å². The Bertz CT molecular complexity index is 618. The monoisotopic (exact) mass is 297 g/mol. The number of aromatic nitrogens is 1. The highest BCUT2D eigenvalue weighted by molar-refractivity contribution is 5.83. The molecule has 0 aliphatic heterocycles. The molecule has 1 atom stereocenters. The molecule has 1 aromatic carbocycles. The molecule has 0 N–H and O–H groups in total. The van der Waals surface area contributed by atoms with Gasteiger partial charge in [-0.15, -0.1) is 13.2 Å². The Morgan fingerprint density at radius 1 is 1.10 bits per heavy atom. The first-order valence-electron chi connectivity index (χ1n) is 5.46. The van der Waals surface area contributed by atoms with Gasteiger partial charge in [0.2, 0.25) is 0 Å². The van der Waals surface area contributed by atoms with Crippen LogP contribution in [0.15, 0.2) is 30.5 Å². The topological polar surface area (TPSA) is 14.2 Å². The number of hydrogen-bond donors (Lipinski definition) is 0.